The Balaban J connectivity index is 0.745. The number of benzene rings is 2. The number of amides is 2. The topological polar surface area (TPSA) is 126 Å². The minimum Gasteiger partial charge on any atom is -0.480 e. The number of piperidine rings is 4. The summed E-state index contributed by atoms with van der Waals surface area (Å²) >= 11 is 0. The van der Waals surface area contributed by atoms with E-state index in [1.165, 1.54) is 109 Å². The van der Waals surface area contributed by atoms with Gasteiger partial charge in [-0.3, -0.25) is 34.4 Å². The van der Waals surface area contributed by atoms with E-state index in [2.05, 4.69) is 51.2 Å². The Kier molecular flexibility index (Phi) is 14.6. The predicted molar refractivity (Wildman–Crippen MR) is 285 cm³/mol. The van der Waals surface area contributed by atoms with Crippen LogP contribution in [-0.2, 0) is 19.2 Å². The van der Waals surface area contributed by atoms with Crippen molar-refractivity contribution in [3.05, 3.63) is 54.1 Å². The van der Waals surface area contributed by atoms with Crippen molar-refractivity contribution in [2.45, 2.75) is 240 Å². The molecule has 5 saturated carbocycles. The Morgan fingerprint density at radius 2 is 1.11 bits per heavy atom. The summed E-state index contributed by atoms with van der Waals surface area (Å²) in [6.07, 6.45) is 31.3. The number of rotatable bonds is 14. The van der Waals surface area contributed by atoms with Gasteiger partial charge in [-0.25, -0.2) is 4.79 Å². The predicted octanol–water partition coefficient (Wildman–Crippen LogP) is 10.0. The summed E-state index contributed by atoms with van der Waals surface area (Å²) in [5.41, 5.74) is 1.82. The number of aryl methyl sites for hydroxylation is 1. The molecule has 12 rings (SSSR count). The van der Waals surface area contributed by atoms with E-state index in [0.717, 1.165) is 79.9 Å². The molecule has 2 N–H and O–H groups in total. The van der Waals surface area contributed by atoms with E-state index in [1.54, 1.807) is 6.07 Å². The van der Waals surface area contributed by atoms with Crippen LogP contribution in [0.4, 0.5) is 11.4 Å². The SMILES string of the molecule is Cc1cccc(N(C(=O)CNC2(C(=O)Oc3cccc(N(C(=O)CN4CCCC4C(=O)O)C4CC5CCCC(C4)N5C4CC5CCCC(CC5)C4)c3)CC2)C2CC3CCCC(C2)N3C2CC3CCCC(C3)C2)c1. The van der Waals surface area contributed by atoms with Gasteiger partial charge in [-0.1, -0.05) is 82.4 Å². The molecular formula is C61H86N6O6. The van der Waals surface area contributed by atoms with Gasteiger partial charge >= 0.3 is 11.9 Å². The van der Waals surface area contributed by atoms with Gasteiger partial charge < -0.3 is 19.6 Å². The molecule has 5 aliphatic heterocycles. The highest BCUT2D eigenvalue weighted by Crippen LogP contribution is 2.49. The summed E-state index contributed by atoms with van der Waals surface area (Å²) in [5.74, 6) is 2.49. The van der Waals surface area contributed by atoms with Crippen molar-refractivity contribution in [2.75, 3.05) is 29.4 Å². The number of aliphatic carboxylic acids is 1. The fraction of sp³-hybridized carbons (Fsp3) is 0.738. The van der Waals surface area contributed by atoms with Gasteiger partial charge in [0.15, 0.2) is 0 Å². The largest absolute Gasteiger partial charge is 0.480 e. The maximum Gasteiger partial charge on any atom is 0.331 e. The minimum absolute atomic E-state index is 0.00500. The Labute approximate surface area is 435 Å². The van der Waals surface area contributed by atoms with Gasteiger partial charge in [0.25, 0.3) is 0 Å². The van der Waals surface area contributed by atoms with Crippen LogP contribution in [0, 0.1) is 30.6 Å². The van der Waals surface area contributed by atoms with Gasteiger partial charge in [0.05, 0.1) is 13.1 Å². The molecular weight excluding hydrogens is 913 g/mol. The van der Waals surface area contributed by atoms with Crippen molar-refractivity contribution < 1.29 is 29.0 Å². The van der Waals surface area contributed by atoms with Crippen LogP contribution in [0.25, 0.3) is 0 Å². The Morgan fingerprint density at radius 1 is 0.589 bits per heavy atom. The zero-order valence-corrected chi connectivity index (χ0v) is 44.1. The van der Waals surface area contributed by atoms with E-state index in [-0.39, 0.29) is 37.0 Å². The first kappa shape index (κ1) is 50.0. The van der Waals surface area contributed by atoms with Crippen LogP contribution in [0.2, 0.25) is 0 Å². The van der Waals surface area contributed by atoms with Crippen molar-refractivity contribution in [1.29, 1.82) is 0 Å². The lowest BCUT2D eigenvalue weighted by atomic mass is 9.68. The molecule has 5 aliphatic carbocycles. The number of carboxylic acid groups (broad SMARTS) is 1. The molecule has 2 aromatic carbocycles. The summed E-state index contributed by atoms with van der Waals surface area (Å²) in [4.78, 5) is 68.2. The average molecular weight is 999 g/mol. The lowest BCUT2D eigenvalue weighted by Gasteiger charge is -2.56. The zero-order valence-electron chi connectivity index (χ0n) is 44.1. The lowest BCUT2D eigenvalue weighted by molar-refractivity contribution is -0.142. The first-order valence-corrected chi connectivity index (χ1v) is 29.8. The van der Waals surface area contributed by atoms with Gasteiger partial charge in [0, 0.05) is 65.8 Å². The molecule has 5 saturated heterocycles. The molecule has 2 amide bonds. The summed E-state index contributed by atoms with van der Waals surface area (Å²) in [6.45, 7) is 2.78. The van der Waals surface area contributed by atoms with Gasteiger partial charge in [-0.15, -0.1) is 0 Å². The molecule has 9 unspecified atom stereocenters. The van der Waals surface area contributed by atoms with Crippen LogP contribution < -0.4 is 19.9 Å². The van der Waals surface area contributed by atoms with Crippen molar-refractivity contribution in [1.82, 2.24) is 20.0 Å². The van der Waals surface area contributed by atoms with Crippen molar-refractivity contribution in [3.63, 3.8) is 0 Å². The van der Waals surface area contributed by atoms with Crippen molar-refractivity contribution in [3.8, 4) is 5.75 Å². The Bertz CT molecular complexity index is 2290. The molecule has 12 heteroatoms. The van der Waals surface area contributed by atoms with Crippen LogP contribution in [0.15, 0.2) is 48.5 Å². The van der Waals surface area contributed by atoms with Crippen LogP contribution in [0.5, 0.6) is 5.75 Å². The molecule has 0 radical (unpaired) electrons. The molecule has 2 aromatic rings. The molecule has 10 fully saturated rings. The van der Waals surface area contributed by atoms with E-state index >= 15 is 0 Å². The molecule has 5 heterocycles. The Hall–Kier alpha value is -3.84. The normalized spacial score (nSPS) is 36.1. The highest BCUT2D eigenvalue weighted by Gasteiger charge is 2.53. The second-order valence-corrected chi connectivity index (χ2v) is 25.7. The first-order valence-electron chi connectivity index (χ1n) is 29.8. The number of fused-ring (bicyclic) bond motifs is 9. The summed E-state index contributed by atoms with van der Waals surface area (Å²) in [6, 6.07) is 18.4. The average Bonchev–Trinajstić information content (AvgIpc) is 4.11. The number of hydrogen-bond acceptors (Lipinski definition) is 9. The summed E-state index contributed by atoms with van der Waals surface area (Å²) in [5, 5.41) is 13.6. The molecule has 10 aliphatic rings. The van der Waals surface area contributed by atoms with Crippen molar-refractivity contribution >= 4 is 35.1 Å². The maximum absolute atomic E-state index is 14.9. The van der Waals surface area contributed by atoms with Gasteiger partial charge in [-0.2, -0.15) is 0 Å². The first-order chi connectivity index (χ1) is 35.5. The number of carbonyl (C=O) groups excluding carboxylic acids is 3. The lowest BCUT2D eigenvalue weighted by Crippen LogP contribution is -2.62. The van der Waals surface area contributed by atoms with Crippen LogP contribution >= 0.6 is 0 Å². The molecule has 12 nitrogen and oxygen atoms in total. The molecule has 9 atom stereocenters. The van der Waals surface area contributed by atoms with E-state index in [0.29, 0.717) is 73.5 Å². The number of hydrogen-bond donors (Lipinski definition) is 2. The fourth-order valence-corrected chi connectivity index (χ4v) is 17.6. The maximum atomic E-state index is 14.9. The fourth-order valence-electron chi connectivity index (χ4n) is 17.6. The summed E-state index contributed by atoms with van der Waals surface area (Å²) in [7, 11) is 0. The second kappa shape index (κ2) is 21.3. The molecule has 0 aromatic heterocycles. The van der Waals surface area contributed by atoms with Crippen molar-refractivity contribution in [2.24, 2.45) is 23.7 Å². The smallest absolute Gasteiger partial charge is 0.331 e. The minimum atomic E-state index is -0.958. The number of nitrogens with zero attached hydrogens (tertiary/aromatic N) is 5. The number of esters is 1. The number of carboxylic acids is 1. The van der Waals surface area contributed by atoms with E-state index in [9.17, 15) is 24.3 Å². The van der Waals surface area contributed by atoms with E-state index in [4.69, 9.17) is 4.74 Å². The third-order valence-electron chi connectivity index (χ3n) is 20.9. The standard InChI is InChI=1S/C61H86N6O6/c1-40-9-2-14-45(27-40)66(53-33-46-15-5-16-47(34-53)65(46)52-31-43-12-4-13-44(28-43)32-52)57(68)38-62-61(24-25-61)60(72)73-55-20-7-19-50(37-55)67(58(69)39-63-26-8-21-56(63)59(70)71)54-35-48-17-6-18-49(36-54)64(48)51-29-41-10-3-11-42(30-51)23-22-41/h2,7,9,14,19-20,27,37,41-44,46-49,51-54,56,62H,3-6,8,10-13,15-18,21-26,28-36,38-39H2,1H3,(H,70,71). The number of ether oxygens (including phenoxy) is 1. The van der Waals surface area contributed by atoms with Crippen LogP contribution in [-0.4, -0.2) is 123 Å². The van der Waals surface area contributed by atoms with E-state index < -0.39 is 23.5 Å². The number of likely N-dealkylation sites (tertiary alicyclic amines) is 1. The number of carbonyl (C=O) groups is 4. The number of anilines is 2. The molecule has 73 heavy (non-hydrogen) atoms. The highest BCUT2D eigenvalue weighted by molar-refractivity contribution is 5.97. The van der Waals surface area contributed by atoms with Crippen LogP contribution in [0.1, 0.15) is 179 Å². The monoisotopic (exact) mass is 999 g/mol. The second-order valence-electron chi connectivity index (χ2n) is 25.7. The highest BCUT2D eigenvalue weighted by atomic mass is 16.5. The zero-order chi connectivity index (χ0) is 49.8. The third kappa shape index (κ3) is 10.6. The third-order valence-corrected chi connectivity index (χ3v) is 20.9. The van der Waals surface area contributed by atoms with E-state index in [1.807, 2.05) is 28.0 Å². The Morgan fingerprint density at radius 3 is 1.67 bits per heavy atom. The molecule has 0 spiro atoms. The summed E-state index contributed by atoms with van der Waals surface area (Å²) < 4.78 is 6.29. The van der Waals surface area contributed by atoms with Gasteiger partial charge in [0.2, 0.25) is 11.8 Å². The van der Waals surface area contributed by atoms with Crippen LogP contribution in [0.3, 0.4) is 0 Å². The van der Waals surface area contributed by atoms with Gasteiger partial charge in [-0.05, 0) is 176 Å². The van der Waals surface area contributed by atoms with Gasteiger partial charge in [0.1, 0.15) is 17.3 Å². The quantitative estimate of drug-likeness (QED) is 0.140. The molecule has 8 bridgehead atoms. The molecule has 396 valence electrons. The number of nitrogens with one attached hydrogen (secondary N) is 1.